The van der Waals surface area contributed by atoms with Crippen LogP contribution >= 0.6 is 0 Å². The van der Waals surface area contributed by atoms with Gasteiger partial charge < -0.3 is 19.9 Å². The van der Waals surface area contributed by atoms with Gasteiger partial charge in [0.1, 0.15) is 11.2 Å². The summed E-state index contributed by atoms with van der Waals surface area (Å²) in [5.74, 6) is 0.426. The van der Waals surface area contributed by atoms with Gasteiger partial charge in [-0.2, -0.15) is 5.26 Å². The number of hydrogen-bond donors (Lipinski definition) is 2. The number of nitriles is 1. The van der Waals surface area contributed by atoms with Crippen molar-refractivity contribution >= 4 is 28.1 Å². The van der Waals surface area contributed by atoms with Crippen LogP contribution in [0.3, 0.4) is 0 Å². The molecule has 32 heavy (non-hydrogen) atoms. The van der Waals surface area contributed by atoms with Crippen molar-refractivity contribution in [2.75, 3.05) is 36.5 Å². The number of nitrogens with zero attached hydrogens (tertiary/aromatic N) is 4. The Labute approximate surface area is 184 Å². The molecule has 0 radical (unpaired) electrons. The summed E-state index contributed by atoms with van der Waals surface area (Å²) in [4.78, 5) is 26.5. The van der Waals surface area contributed by atoms with E-state index in [4.69, 9.17) is 15.0 Å². The normalized spacial score (nSPS) is 13.7. The van der Waals surface area contributed by atoms with E-state index >= 15 is 0 Å². The Bertz CT molecular complexity index is 1350. The monoisotopic (exact) mass is 424 g/mol. The number of pyridine rings is 1. The fraction of sp³-hybridized carbons (Fsp3) is 0.167. The van der Waals surface area contributed by atoms with Gasteiger partial charge in [0.25, 0.3) is 5.56 Å². The Balaban J connectivity index is 1.52. The molecule has 2 aromatic carbocycles. The minimum absolute atomic E-state index is 0.263. The van der Waals surface area contributed by atoms with Crippen LogP contribution in [-0.2, 0) is 4.74 Å². The number of rotatable bonds is 4. The third-order valence-corrected chi connectivity index (χ3v) is 5.44. The summed E-state index contributed by atoms with van der Waals surface area (Å²) in [6.07, 6.45) is 1.38. The van der Waals surface area contributed by atoms with Gasteiger partial charge in [-0.15, -0.1) is 0 Å². The zero-order valence-electron chi connectivity index (χ0n) is 17.2. The maximum Gasteiger partial charge on any atom is 0.262 e. The zero-order chi connectivity index (χ0) is 21.9. The first kappa shape index (κ1) is 19.7. The van der Waals surface area contributed by atoms with Crippen LogP contribution in [0.25, 0.3) is 22.2 Å². The molecule has 0 atom stereocenters. The predicted octanol–water partition coefficient (Wildman–Crippen LogP) is 3.44. The predicted molar refractivity (Wildman–Crippen MR) is 123 cm³/mol. The highest BCUT2D eigenvalue weighted by Gasteiger charge is 2.14. The van der Waals surface area contributed by atoms with Crippen molar-refractivity contribution in [1.82, 2.24) is 15.0 Å². The van der Waals surface area contributed by atoms with Gasteiger partial charge in [0, 0.05) is 30.0 Å². The van der Waals surface area contributed by atoms with Crippen LogP contribution in [0.1, 0.15) is 5.56 Å². The smallest absolute Gasteiger partial charge is 0.262 e. The molecule has 1 saturated heterocycles. The number of hydrogen-bond acceptors (Lipinski definition) is 7. The van der Waals surface area contributed by atoms with E-state index in [2.05, 4.69) is 26.3 Å². The average molecular weight is 424 g/mol. The Kier molecular flexibility index (Phi) is 5.24. The molecule has 2 N–H and O–H groups in total. The van der Waals surface area contributed by atoms with Crippen LogP contribution in [0.15, 0.2) is 65.7 Å². The van der Waals surface area contributed by atoms with Crippen LogP contribution in [0.2, 0.25) is 0 Å². The van der Waals surface area contributed by atoms with Crippen LogP contribution in [0.4, 0.5) is 17.2 Å². The zero-order valence-corrected chi connectivity index (χ0v) is 17.2. The van der Waals surface area contributed by atoms with E-state index < -0.39 is 0 Å². The third kappa shape index (κ3) is 3.89. The van der Waals surface area contributed by atoms with Gasteiger partial charge in [0.15, 0.2) is 0 Å². The maximum absolute atomic E-state index is 12.6. The number of ether oxygens (including phenoxy) is 1. The van der Waals surface area contributed by atoms with Crippen molar-refractivity contribution in [2.45, 2.75) is 0 Å². The number of anilines is 3. The number of aromatic nitrogens is 3. The van der Waals surface area contributed by atoms with Gasteiger partial charge in [-0.3, -0.25) is 4.79 Å². The summed E-state index contributed by atoms with van der Waals surface area (Å²) in [6, 6.07) is 19.1. The summed E-state index contributed by atoms with van der Waals surface area (Å²) in [5.41, 5.74) is 4.28. The van der Waals surface area contributed by atoms with Crippen molar-refractivity contribution < 1.29 is 4.74 Å². The topological polar surface area (TPSA) is 107 Å². The number of fused-ring (bicyclic) bond motifs is 1. The quantitative estimate of drug-likeness (QED) is 0.517. The highest BCUT2D eigenvalue weighted by Crippen LogP contribution is 2.28. The van der Waals surface area contributed by atoms with Gasteiger partial charge in [-0.25, -0.2) is 9.97 Å². The van der Waals surface area contributed by atoms with Gasteiger partial charge in [0.05, 0.1) is 42.4 Å². The summed E-state index contributed by atoms with van der Waals surface area (Å²) >= 11 is 0. The maximum atomic E-state index is 12.6. The summed E-state index contributed by atoms with van der Waals surface area (Å²) in [7, 11) is 0. The molecule has 1 aliphatic heterocycles. The highest BCUT2D eigenvalue weighted by atomic mass is 16.5. The number of nitrogens with one attached hydrogen (secondary N) is 2. The lowest BCUT2D eigenvalue weighted by Crippen LogP contribution is -2.36. The summed E-state index contributed by atoms with van der Waals surface area (Å²) in [6.45, 7) is 3.20. The van der Waals surface area contributed by atoms with Gasteiger partial charge in [-0.1, -0.05) is 12.1 Å². The lowest BCUT2D eigenvalue weighted by atomic mass is 10.1. The van der Waals surface area contributed by atoms with Gasteiger partial charge >= 0.3 is 0 Å². The Morgan fingerprint density at radius 2 is 1.81 bits per heavy atom. The van der Waals surface area contributed by atoms with E-state index in [0.717, 1.165) is 43.2 Å². The van der Waals surface area contributed by atoms with E-state index in [9.17, 15) is 4.79 Å². The molecule has 1 aliphatic rings. The third-order valence-electron chi connectivity index (χ3n) is 5.44. The standard InChI is InChI=1S/C24H20N6O2/c25-14-16-1-3-17(4-2-16)20-13-21-22(24(31)27-15-26-21)23(29-20)28-18-5-7-19(8-6-18)30-9-11-32-12-10-30/h1-8,13,15H,9-12H2,(H,28,29)(H,26,27,31). The van der Waals surface area contributed by atoms with Gasteiger partial charge in [-0.05, 0) is 42.5 Å². The van der Waals surface area contributed by atoms with Crippen LogP contribution in [-0.4, -0.2) is 41.3 Å². The first-order valence-corrected chi connectivity index (χ1v) is 10.3. The fourth-order valence-corrected chi connectivity index (χ4v) is 3.76. The lowest BCUT2D eigenvalue weighted by molar-refractivity contribution is 0.122. The van der Waals surface area contributed by atoms with Crippen molar-refractivity contribution in [3.63, 3.8) is 0 Å². The highest BCUT2D eigenvalue weighted by molar-refractivity contribution is 5.92. The first-order valence-electron chi connectivity index (χ1n) is 10.3. The molecule has 2 aromatic heterocycles. The number of aromatic amines is 1. The Morgan fingerprint density at radius 3 is 2.53 bits per heavy atom. The van der Waals surface area contributed by atoms with Crippen molar-refractivity contribution in [3.05, 3.63) is 76.8 Å². The van der Waals surface area contributed by atoms with Crippen molar-refractivity contribution in [1.29, 1.82) is 5.26 Å². The number of morpholine rings is 1. The van der Waals surface area contributed by atoms with Crippen LogP contribution in [0, 0.1) is 11.3 Å². The fourth-order valence-electron chi connectivity index (χ4n) is 3.76. The molecule has 0 amide bonds. The molecule has 0 spiro atoms. The second-order valence-corrected chi connectivity index (χ2v) is 7.44. The number of benzene rings is 2. The summed E-state index contributed by atoms with van der Waals surface area (Å²) in [5, 5.41) is 12.7. The van der Waals surface area contributed by atoms with Crippen LogP contribution < -0.4 is 15.8 Å². The van der Waals surface area contributed by atoms with Crippen molar-refractivity contribution in [2.24, 2.45) is 0 Å². The Hall–Kier alpha value is -4.22. The molecule has 0 aliphatic carbocycles. The largest absolute Gasteiger partial charge is 0.378 e. The number of H-pyrrole nitrogens is 1. The molecule has 158 valence electrons. The molecule has 8 nitrogen and oxygen atoms in total. The second kappa shape index (κ2) is 8.49. The molecular weight excluding hydrogens is 404 g/mol. The summed E-state index contributed by atoms with van der Waals surface area (Å²) < 4.78 is 5.42. The lowest BCUT2D eigenvalue weighted by Gasteiger charge is -2.28. The molecule has 1 fully saturated rings. The minimum atomic E-state index is -0.263. The van der Waals surface area contributed by atoms with E-state index in [0.29, 0.717) is 28.0 Å². The van der Waals surface area contributed by atoms with Gasteiger partial charge in [0.2, 0.25) is 0 Å². The van der Waals surface area contributed by atoms with Crippen LogP contribution in [0.5, 0.6) is 0 Å². The molecule has 3 heterocycles. The molecule has 0 unspecified atom stereocenters. The second-order valence-electron chi connectivity index (χ2n) is 7.44. The molecule has 4 aromatic rings. The molecule has 0 saturated carbocycles. The van der Waals surface area contributed by atoms with E-state index in [1.165, 1.54) is 6.33 Å². The average Bonchev–Trinajstić information content (AvgIpc) is 2.85. The molecular formula is C24H20N6O2. The first-order chi connectivity index (χ1) is 15.7. The van der Waals surface area contributed by atoms with E-state index in [1.54, 1.807) is 18.2 Å². The van der Waals surface area contributed by atoms with Crippen molar-refractivity contribution in [3.8, 4) is 17.3 Å². The Morgan fingerprint density at radius 1 is 1.06 bits per heavy atom. The van der Waals surface area contributed by atoms with E-state index in [1.807, 2.05) is 36.4 Å². The molecule has 8 heteroatoms. The molecule has 5 rings (SSSR count). The SMILES string of the molecule is N#Cc1ccc(-c2cc3nc[nH]c(=O)c3c(Nc3ccc(N4CCOCC4)cc3)n2)cc1. The molecule has 0 bridgehead atoms. The minimum Gasteiger partial charge on any atom is -0.378 e. The van der Waals surface area contributed by atoms with E-state index in [-0.39, 0.29) is 5.56 Å².